The standard InChI is InChI=1S/C11H13BrClN3O2/c1-18-11(17)8-5-14-4-7(15-8)6-2-9(12)16-10(13)3-6/h2-3,7-8,14-15H,4-5H2,1H3. The zero-order chi connectivity index (χ0) is 13.1. The van der Waals surface area contributed by atoms with Gasteiger partial charge in [-0.05, 0) is 33.6 Å². The molecule has 2 unspecified atom stereocenters. The van der Waals surface area contributed by atoms with Crippen LogP contribution in [0.5, 0.6) is 0 Å². The monoisotopic (exact) mass is 333 g/mol. The van der Waals surface area contributed by atoms with Gasteiger partial charge in [0.05, 0.1) is 7.11 Å². The number of halogens is 2. The van der Waals surface area contributed by atoms with E-state index in [4.69, 9.17) is 16.3 Å². The molecule has 0 bridgehead atoms. The van der Waals surface area contributed by atoms with Gasteiger partial charge in [0.2, 0.25) is 0 Å². The van der Waals surface area contributed by atoms with Crippen molar-refractivity contribution in [2.75, 3.05) is 20.2 Å². The molecule has 7 heteroatoms. The van der Waals surface area contributed by atoms with Crippen molar-refractivity contribution >= 4 is 33.5 Å². The summed E-state index contributed by atoms with van der Waals surface area (Å²) >= 11 is 9.22. The highest BCUT2D eigenvalue weighted by atomic mass is 79.9. The number of rotatable bonds is 2. The SMILES string of the molecule is COC(=O)C1CNCC(c2cc(Cl)nc(Br)c2)N1. The van der Waals surface area contributed by atoms with Crippen LogP contribution in [0.3, 0.4) is 0 Å². The number of hydrogen-bond acceptors (Lipinski definition) is 5. The number of nitrogens with one attached hydrogen (secondary N) is 2. The smallest absolute Gasteiger partial charge is 0.324 e. The number of carbonyl (C=O) groups excluding carboxylic acids is 1. The third-order valence-corrected chi connectivity index (χ3v) is 3.37. The first-order chi connectivity index (χ1) is 8.60. The molecular formula is C11H13BrClN3O2. The Labute approximate surface area is 118 Å². The van der Waals surface area contributed by atoms with E-state index in [0.717, 1.165) is 12.1 Å². The zero-order valence-electron chi connectivity index (χ0n) is 9.74. The number of nitrogens with zero attached hydrogens (tertiary/aromatic N) is 1. The summed E-state index contributed by atoms with van der Waals surface area (Å²) in [6.45, 7) is 1.28. The van der Waals surface area contributed by atoms with Crippen molar-refractivity contribution in [3.05, 3.63) is 27.5 Å². The fraction of sp³-hybridized carbons (Fsp3) is 0.455. The van der Waals surface area contributed by atoms with Gasteiger partial charge in [0.15, 0.2) is 0 Å². The van der Waals surface area contributed by atoms with E-state index in [2.05, 4.69) is 31.5 Å². The quantitative estimate of drug-likeness (QED) is 0.630. The fourth-order valence-electron chi connectivity index (χ4n) is 1.92. The van der Waals surface area contributed by atoms with Crippen LogP contribution < -0.4 is 10.6 Å². The van der Waals surface area contributed by atoms with E-state index in [1.807, 2.05) is 6.07 Å². The van der Waals surface area contributed by atoms with Crippen molar-refractivity contribution in [3.8, 4) is 0 Å². The van der Waals surface area contributed by atoms with Crippen molar-refractivity contribution < 1.29 is 9.53 Å². The fourth-order valence-corrected chi connectivity index (χ4v) is 2.70. The van der Waals surface area contributed by atoms with Gasteiger partial charge in [-0.25, -0.2) is 4.98 Å². The van der Waals surface area contributed by atoms with Crippen molar-refractivity contribution in [1.82, 2.24) is 15.6 Å². The average molecular weight is 335 g/mol. The molecule has 0 radical (unpaired) electrons. The summed E-state index contributed by atoms with van der Waals surface area (Å²) in [5.74, 6) is -0.272. The largest absolute Gasteiger partial charge is 0.468 e. The van der Waals surface area contributed by atoms with Crippen LogP contribution in [0, 0.1) is 0 Å². The second-order valence-electron chi connectivity index (χ2n) is 4.00. The van der Waals surface area contributed by atoms with Crippen LogP contribution in [0.25, 0.3) is 0 Å². The second kappa shape index (κ2) is 5.97. The Balaban J connectivity index is 2.15. The van der Waals surface area contributed by atoms with E-state index in [1.54, 1.807) is 6.07 Å². The Kier molecular flexibility index (Phi) is 4.55. The summed E-state index contributed by atoms with van der Waals surface area (Å²) in [6.07, 6.45) is 0. The van der Waals surface area contributed by atoms with Crippen LogP contribution in [0.2, 0.25) is 5.15 Å². The molecule has 2 N–H and O–H groups in total. The second-order valence-corrected chi connectivity index (χ2v) is 5.20. The van der Waals surface area contributed by atoms with Gasteiger partial charge in [0.1, 0.15) is 15.8 Å². The van der Waals surface area contributed by atoms with E-state index in [0.29, 0.717) is 16.3 Å². The third kappa shape index (κ3) is 3.20. The summed E-state index contributed by atoms with van der Waals surface area (Å²) < 4.78 is 5.41. The molecule has 1 aliphatic heterocycles. The van der Waals surface area contributed by atoms with Crippen LogP contribution in [-0.4, -0.2) is 37.2 Å². The van der Waals surface area contributed by atoms with E-state index in [1.165, 1.54) is 7.11 Å². The lowest BCUT2D eigenvalue weighted by molar-refractivity contribution is -0.143. The predicted octanol–water partition coefficient (Wildman–Crippen LogP) is 1.27. The molecule has 2 atom stereocenters. The lowest BCUT2D eigenvalue weighted by atomic mass is 10.0. The molecular weight excluding hydrogens is 321 g/mol. The van der Waals surface area contributed by atoms with E-state index < -0.39 is 0 Å². The van der Waals surface area contributed by atoms with Gasteiger partial charge in [0.25, 0.3) is 0 Å². The van der Waals surface area contributed by atoms with Gasteiger partial charge in [-0.1, -0.05) is 11.6 Å². The predicted molar refractivity (Wildman–Crippen MR) is 71.5 cm³/mol. The first-order valence-electron chi connectivity index (χ1n) is 5.47. The molecule has 1 fully saturated rings. The molecule has 18 heavy (non-hydrogen) atoms. The Morgan fingerprint density at radius 3 is 3.00 bits per heavy atom. The molecule has 0 aromatic carbocycles. The Morgan fingerprint density at radius 1 is 1.56 bits per heavy atom. The summed E-state index contributed by atoms with van der Waals surface area (Å²) in [7, 11) is 1.38. The van der Waals surface area contributed by atoms with Gasteiger partial charge in [-0.3, -0.25) is 10.1 Å². The van der Waals surface area contributed by atoms with Crippen molar-refractivity contribution in [1.29, 1.82) is 0 Å². The first kappa shape index (κ1) is 13.7. The van der Waals surface area contributed by atoms with Gasteiger partial charge in [0, 0.05) is 19.1 Å². The molecule has 1 saturated heterocycles. The van der Waals surface area contributed by atoms with E-state index in [-0.39, 0.29) is 18.1 Å². The number of aromatic nitrogens is 1. The van der Waals surface area contributed by atoms with Crippen LogP contribution in [0.1, 0.15) is 11.6 Å². The normalized spacial score (nSPS) is 23.7. The highest BCUT2D eigenvalue weighted by Crippen LogP contribution is 2.22. The average Bonchev–Trinajstić information content (AvgIpc) is 2.37. The number of hydrogen-bond donors (Lipinski definition) is 2. The summed E-state index contributed by atoms with van der Waals surface area (Å²) in [6, 6.07) is 3.31. The molecule has 1 aliphatic rings. The Bertz CT molecular complexity index is 438. The first-order valence-corrected chi connectivity index (χ1v) is 6.65. The number of piperazine rings is 1. The van der Waals surface area contributed by atoms with Gasteiger partial charge in [-0.15, -0.1) is 0 Å². The molecule has 2 heterocycles. The Morgan fingerprint density at radius 2 is 2.33 bits per heavy atom. The topological polar surface area (TPSA) is 63.2 Å². The number of ether oxygens (including phenoxy) is 1. The minimum atomic E-state index is -0.348. The summed E-state index contributed by atoms with van der Waals surface area (Å²) in [4.78, 5) is 15.5. The Hall–Kier alpha value is -0.690. The molecule has 1 aromatic heterocycles. The van der Waals surface area contributed by atoms with Crippen LogP contribution in [0.4, 0.5) is 0 Å². The van der Waals surface area contributed by atoms with Crippen LogP contribution >= 0.6 is 27.5 Å². The van der Waals surface area contributed by atoms with Gasteiger partial charge < -0.3 is 10.1 Å². The maximum absolute atomic E-state index is 11.5. The highest BCUT2D eigenvalue weighted by Gasteiger charge is 2.27. The maximum Gasteiger partial charge on any atom is 0.324 e. The minimum Gasteiger partial charge on any atom is -0.468 e. The molecule has 0 spiro atoms. The molecule has 98 valence electrons. The van der Waals surface area contributed by atoms with Crippen molar-refractivity contribution in [2.45, 2.75) is 12.1 Å². The maximum atomic E-state index is 11.5. The zero-order valence-corrected chi connectivity index (χ0v) is 12.1. The summed E-state index contributed by atoms with van der Waals surface area (Å²) in [5, 5.41) is 6.84. The van der Waals surface area contributed by atoms with Crippen LogP contribution in [-0.2, 0) is 9.53 Å². The minimum absolute atomic E-state index is 0.000324. The highest BCUT2D eigenvalue weighted by molar-refractivity contribution is 9.10. The lowest BCUT2D eigenvalue weighted by Gasteiger charge is -2.30. The van der Waals surface area contributed by atoms with Gasteiger partial charge >= 0.3 is 5.97 Å². The molecule has 5 nitrogen and oxygen atoms in total. The van der Waals surface area contributed by atoms with Crippen molar-refractivity contribution in [3.63, 3.8) is 0 Å². The molecule has 2 rings (SSSR count). The summed E-state index contributed by atoms with van der Waals surface area (Å²) in [5.41, 5.74) is 0.975. The molecule has 0 aliphatic carbocycles. The van der Waals surface area contributed by atoms with E-state index in [9.17, 15) is 4.79 Å². The molecule has 0 saturated carbocycles. The lowest BCUT2D eigenvalue weighted by Crippen LogP contribution is -2.54. The number of carbonyl (C=O) groups is 1. The molecule has 0 amide bonds. The third-order valence-electron chi connectivity index (χ3n) is 2.77. The molecule has 1 aromatic rings. The number of methoxy groups -OCH3 is 1. The van der Waals surface area contributed by atoms with Crippen molar-refractivity contribution in [2.24, 2.45) is 0 Å². The van der Waals surface area contributed by atoms with Gasteiger partial charge in [-0.2, -0.15) is 0 Å². The van der Waals surface area contributed by atoms with E-state index >= 15 is 0 Å². The van der Waals surface area contributed by atoms with Crippen LogP contribution in [0.15, 0.2) is 16.7 Å². The number of esters is 1. The number of pyridine rings is 1.